The van der Waals surface area contributed by atoms with Crippen molar-refractivity contribution in [2.24, 2.45) is 5.73 Å². The summed E-state index contributed by atoms with van der Waals surface area (Å²) in [5.74, 6) is 0.216. The Morgan fingerprint density at radius 3 is 2.00 bits per heavy atom. The molecule has 1 aliphatic rings. The molecule has 1 saturated heterocycles. The summed E-state index contributed by atoms with van der Waals surface area (Å²) in [5, 5.41) is 0. The number of piperazine rings is 1. The average molecular weight is 306 g/mol. The van der Waals surface area contributed by atoms with Crippen LogP contribution in [0.3, 0.4) is 0 Å². The van der Waals surface area contributed by atoms with Crippen LogP contribution in [-0.2, 0) is 9.59 Å². The Bertz CT molecular complexity index is 336. The Morgan fingerprint density at radius 2 is 1.60 bits per heavy atom. The highest BCUT2D eigenvalue weighted by Crippen LogP contribution is 2.21. The van der Waals surface area contributed by atoms with E-state index >= 15 is 0 Å². The van der Waals surface area contributed by atoms with E-state index < -0.39 is 0 Å². The van der Waals surface area contributed by atoms with Crippen LogP contribution in [0.4, 0.5) is 0 Å². The lowest BCUT2D eigenvalue weighted by Crippen LogP contribution is -2.60. The van der Waals surface area contributed by atoms with Crippen LogP contribution in [0.2, 0.25) is 0 Å². The van der Waals surface area contributed by atoms with Crippen LogP contribution >= 0.6 is 12.4 Å². The van der Waals surface area contributed by atoms with Crippen LogP contribution in [0.1, 0.15) is 47.0 Å². The molecule has 0 saturated carbocycles. The summed E-state index contributed by atoms with van der Waals surface area (Å²) in [6.07, 6.45) is 2.12. The molecule has 118 valence electrons. The molecule has 0 aliphatic carbocycles. The van der Waals surface area contributed by atoms with Gasteiger partial charge in [-0.1, -0.05) is 13.8 Å². The van der Waals surface area contributed by atoms with Crippen LogP contribution < -0.4 is 5.73 Å². The van der Waals surface area contributed by atoms with Crippen molar-refractivity contribution in [3.63, 3.8) is 0 Å². The fourth-order valence-corrected chi connectivity index (χ4v) is 2.73. The maximum atomic E-state index is 12.3. The lowest BCUT2D eigenvalue weighted by Gasteiger charge is -2.46. The van der Waals surface area contributed by atoms with E-state index in [0.29, 0.717) is 19.5 Å². The number of hydrogen-bond donors (Lipinski definition) is 1. The highest BCUT2D eigenvalue weighted by Gasteiger charge is 2.35. The number of halogens is 1. The maximum Gasteiger partial charge on any atom is 0.224 e. The summed E-state index contributed by atoms with van der Waals surface area (Å²) in [7, 11) is 0. The van der Waals surface area contributed by atoms with Crippen molar-refractivity contribution < 1.29 is 9.59 Å². The van der Waals surface area contributed by atoms with Gasteiger partial charge in [0.05, 0.1) is 0 Å². The highest BCUT2D eigenvalue weighted by atomic mass is 35.5. The Labute approximate surface area is 128 Å². The number of carbonyl (C=O) groups is 2. The van der Waals surface area contributed by atoms with Gasteiger partial charge in [0.25, 0.3) is 0 Å². The molecule has 5 nitrogen and oxygen atoms in total. The summed E-state index contributed by atoms with van der Waals surface area (Å²) in [4.78, 5) is 27.8. The molecule has 1 fully saturated rings. The minimum absolute atomic E-state index is 0. The molecule has 1 aliphatic heterocycles. The summed E-state index contributed by atoms with van der Waals surface area (Å²) >= 11 is 0. The van der Waals surface area contributed by atoms with Crippen LogP contribution in [0.5, 0.6) is 0 Å². The second-order valence-electron chi connectivity index (χ2n) is 5.52. The first-order valence-corrected chi connectivity index (χ1v) is 7.22. The normalized spacial score (nSPS) is 24.1. The Kier molecular flexibility index (Phi) is 8.13. The molecule has 3 atom stereocenters. The second kappa shape index (κ2) is 8.47. The third-order valence-electron chi connectivity index (χ3n) is 3.86. The molecule has 0 bridgehead atoms. The lowest BCUT2D eigenvalue weighted by atomic mass is 10.0. The molecule has 6 heteroatoms. The van der Waals surface area contributed by atoms with Crippen LogP contribution in [0.15, 0.2) is 0 Å². The van der Waals surface area contributed by atoms with Crippen molar-refractivity contribution in [1.82, 2.24) is 9.80 Å². The van der Waals surface area contributed by atoms with E-state index in [1.54, 1.807) is 6.92 Å². The van der Waals surface area contributed by atoms with E-state index in [1.165, 1.54) is 0 Å². The minimum atomic E-state index is -0.115. The number of nitrogens with two attached hydrogens (primary N) is 1. The number of rotatable bonds is 4. The molecular formula is C14H28ClN3O2. The van der Waals surface area contributed by atoms with Gasteiger partial charge in [-0.2, -0.15) is 0 Å². The first-order valence-electron chi connectivity index (χ1n) is 7.22. The number of nitrogens with zero attached hydrogens (tertiary/aromatic N) is 2. The SMILES string of the molecule is CCC1CN(C(=O)CC(C)N)C(CC)CN1C(C)=O.Cl. The lowest BCUT2D eigenvalue weighted by molar-refractivity contribution is -0.146. The molecule has 1 rings (SSSR count). The summed E-state index contributed by atoms with van der Waals surface area (Å²) < 4.78 is 0. The Hall–Kier alpha value is -0.810. The van der Waals surface area contributed by atoms with E-state index in [9.17, 15) is 9.59 Å². The number of hydrogen-bond acceptors (Lipinski definition) is 3. The van der Waals surface area contributed by atoms with Crippen molar-refractivity contribution in [2.75, 3.05) is 13.1 Å². The first-order chi connectivity index (χ1) is 8.90. The van der Waals surface area contributed by atoms with Gasteiger partial charge in [-0.25, -0.2) is 0 Å². The smallest absolute Gasteiger partial charge is 0.224 e. The monoisotopic (exact) mass is 305 g/mol. The highest BCUT2D eigenvalue weighted by molar-refractivity contribution is 5.85. The third-order valence-corrected chi connectivity index (χ3v) is 3.86. The van der Waals surface area contributed by atoms with E-state index in [-0.39, 0.29) is 42.3 Å². The van der Waals surface area contributed by atoms with Gasteiger partial charge in [-0.05, 0) is 19.8 Å². The molecule has 0 aromatic heterocycles. The molecule has 2 N–H and O–H groups in total. The average Bonchev–Trinajstić information content (AvgIpc) is 2.35. The van der Waals surface area contributed by atoms with Crippen LogP contribution in [-0.4, -0.2) is 52.8 Å². The van der Waals surface area contributed by atoms with Gasteiger partial charge >= 0.3 is 0 Å². The minimum Gasteiger partial charge on any atom is -0.336 e. The van der Waals surface area contributed by atoms with E-state index in [2.05, 4.69) is 13.8 Å². The van der Waals surface area contributed by atoms with Crippen molar-refractivity contribution in [3.8, 4) is 0 Å². The van der Waals surface area contributed by atoms with Gasteiger partial charge in [0.2, 0.25) is 11.8 Å². The molecular weight excluding hydrogens is 278 g/mol. The van der Waals surface area contributed by atoms with Crippen LogP contribution in [0, 0.1) is 0 Å². The fraction of sp³-hybridized carbons (Fsp3) is 0.857. The third kappa shape index (κ3) is 4.63. The van der Waals surface area contributed by atoms with Crippen molar-refractivity contribution >= 4 is 24.2 Å². The maximum absolute atomic E-state index is 12.3. The first kappa shape index (κ1) is 19.2. The second-order valence-corrected chi connectivity index (χ2v) is 5.52. The fourth-order valence-electron chi connectivity index (χ4n) is 2.73. The van der Waals surface area contributed by atoms with Gasteiger partial charge in [0.15, 0.2) is 0 Å². The van der Waals surface area contributed by atoms with Gasteiger partial charge in [0, 0.05) is 44.6 Å². The standard InChI is InChI=1S/C14H27N3O2.ClH/c1-5-12-9-17(14(19)7-10(3)15)13(6-2)8-16(12)11(4)18;/h10,12-13H,5-9,15H2,1-4H3;1H. The van der Waals surface area contributed by atoms with Crippen molar-refractivity contribution in [3.05, 3.63) is 0 Å². The Balaban J connectivity index is 0.00000361. The molecule has 2 amide bonds. The zero-order valence-electron chi connectivity index (χ0n) is 13.0. The van der Waals surface area contributed by atoms with Crippen molar-refractivity contribution in [2.45, 2.75) is 65.1 Å². The largest absolute Gasteiger partial charge is 0.336 e. The summed E-state index contributed by atoms with van der Waals surface area (Å²) in [6.45, 7) is 8.86. The topological polar surface area (TPSA) is 66.6 Å². The molecule has 1 heterocycles. The van der Waals surface area contributed by atoms with Crippen molar-refractivity contribution in [1.29, 1.82) is 0 Å². The zero-order valence-corrected chi connectivity index (χ0v) is 13.8. The van der Waals surface area contributed by atoms with E-state index in [0.717, 1.165) is 12.8 Å². The predicted molar refractivity (Wildman–Crippen MR) is 82.8 cm³/mol. The molecule has 0 spiro atoms. The van der Waals surface area contributed by atoms with E-state index in [4.69, 9.17) is 5.73 Å². The van der Waals surface area contributed by atoms with Gasteiger partial charge < -0.3 is 15.5 Å². The molecule has 0 aromatic carbocycles. The summed E-state index contributed by atoms with van der Waals surface area (Å²) in [5.41, 5.74) is 5.72. The number of amides is 2. The number of carbonyl (C=O) groups excluding carboxylic acids is 2. The van der Waals surface area contributed by atoms with Gasteiger partial charge in [-0.15, -0.1) is 12.4 Å². The predicted octanol–water partition coefficient (Wildman–Crippen LogP) is 1.39. The molecule has 3 unspecified atom stereocenters. The molecule has 20 heavy (non-hydrogen) atoms. The molecule has 0 radical (unpaired) electrons. The van der Waals surface area contributed by atoms with Gasteiger partial charge in [0.1, 0.15) is 0 Å². The quantitative estimate of drug-likeness (QED) is 0.853. The van der Waals surface area contributed by atoms with Gasteiger partial charge in [-0.3, -0.25) is 9.59 Å². The van der Waals surface area contributed by atoms with Crippen LogP contribution in [0.25, 0.3) is 0 Å². The molecule has 0 aromatic rings. The summed E-state index contributed by atoms with van der Waals surface area (Å²) in [6, 6.07) is 0.145. The van der Waals surface area contributed by atoms with E-state index in [1.807, 2.05) is 16.7 Å². The zero-order chi connectivity index (χ0) is 14.6. The Morgan fingerprint density at radius 1 is 1.15 bits per heavy atom.